The van der Waals surface area contributed by atoms with Gasteiger partial charge in [-0.25, -0.2) is 14.5 Å². The van der Waals surface area contributed by atoms with E-state index in [1.807, 2.05) is 45.3 Å². The Morgan fingerprint density at radius 3 is 3.12 bits per heavy atom. The van der Waals surface area contributed by atoms with E-state index < -0.39 is 0 Å². The molecule has 0 saturated carbocycles. The van der Waals surface area contributed by atoms with Gasteiger partial charge in [-0.05, 0) is 18.2 Å². The number of nitrogens with zero attached hydrogens (tertiary/aromatic N) is 5. The first kappa shape index (κ1) is 14.4. The largest absolute Gasteiger partial charge is 0.348 e. The average molecular weight is 350 g/mol. The molecular formula is C17H14N6OS. The zero-order chi connectivity index (χ0) is 16.8. The first-order valence-corrected chi connectivity index (χ1v) is 8.86. The van der Waals surface area contributed by atoms with Crippen molar-refractivity contribution in [2.75, 3.05) is 6.54 Å². The van der Waals surface area contributed by atoms with Gasteiger partial charge in [0.15, 0.2) is 5.01 Å². The van der Waals surface area contributed by atoms with E-state index >= 15 is 0 Å². The van der Waals surface area contributed by atoms with Gasteiger partial charge in [-0.1, -0.05) is 6.07 Å². The van der Waals surface area contributed by atoms with Gasteiger partial charge in [0.1, 0.15) is 6.04 Å². The lowest BCUT2D eigenvalue weighted by molar-refractivity contribution is 0.0686. The van der Waals surface area contributed by atoms with E-state index in [0.29, 0.717) is 11.6 Å². The molecule has 0 radical (unpaired) electrons. The Morgan fingerprint density at radius 1 is 1.32 bits per heavy atom. The molecule has 0 bridgehead atoms. The molecule has 0 aromatic carbocycles. The number of hydrogen-bond donors (Lipinski definition) is 1. The molecule has 4 aromatic rings. The molecule has 1 aliphatic heterocycles. The third kappa shape index (κ3) is 2.25. The standard InChI is InChI=1S/C17H14N6OS/c24-17(16-18-5-8-25-16)22-7-4-12-14(20-10-19-12)15(22)13-9-11-3-1-2-6-23(11)21-13/h1-3,5-6,8-10,15H,4,7H2,(H,19,20). The molecule has 0 saturated heterocycles. The molecule has 5 rings (SSSR count). The number of H-pyrrole nitrogens is 1. The zero-order valence-corrected chi connectivity index (χ0v) is 14.0. The fourth-order valence-electron chi connectivity index (χ4n) is 3.34. The molecule has 1 atom stereocenters. The summed E-state index contributed by atoms with van der Waals surface area (Å²) in [4.78, 5) is 26.7. The van der Waals surface area contributed by atoms with Gasteiger partial charge >= 0.3 is 0 Å². The summed E-state index contributed by atoms with van der Waals surface area (Å²) < 4.78 is 1.82. The maximum Gasteiger partial charge on any atom is 0.283 e. The van der Waals surface area contributed by atoms with E-state index in [2.05, 4.69) is 20.1 Å². The minimum absolute atomic E-state index is 0.0780. The predicted octanol–water partition coefficient (Wildman–Crippen LogP) is 2.30. The number of thiazole rings is 1. The van der Waals surface area contributed by atoms with Crippen molar-refractivity contribution in [3.63, 3.8) is 0 Å². The van der Waals surface area contributed by atoms with Crippen molar-refractivity contribution in [1.82, 2.24) is 29.5 Å². The summed E-state index contributed by atoms with van der Waals surface area (Å²) in [6.07, 6.45) is 5.99. The second-order valence-corrected chi connectivity index (χ2v) is 6.79. The molecule has 0 spiro atoms. The average Bonchev–Trinajstić information content (AvgIpc) is 3.39. The van der Waals surface area contributed by atoms with E-state index in [9.17, 15) is 4.79 Å². The van der Waals surface area contributed by atoms with E-state index in [0.717, 1.165) is 29.0 Å². The van der Waals surface area contributed by atoms with Crippen LogP contribution in [0.5, 0.6) is 0 Å². The van der Waals surface area contributed by atoms with Crippen LogP contribution in [0.15, 0.2) is 48.4 Å². The zero-order valence-electron chi connectivity index (χ0n) is 13.2. The van der Waals surface area contributed by atoms with Crippen molar-refractivity contribution >= 4 is 22.8 Å². The number of imidazole rings is 1. The molecule has 1 aliphatic rings. The Hall–Kier alpha value is -3.00. The SMILES string of the molecule is O=C(c1nccs1)N1CCc2[nH]cnc2C1c1cc2ccccn2n1. The van der Waals surface area contributed by atoms with Gasteiger partial charge < -0.3 is 9.88 Å². The van der Waals surface area contributed by atoms with Crippen LogP contribution in [-0.2, 0) is 6.42 Å². The van der Waals surface area contributed by atoms with Crippen LogP contribution in [0.1, 0.15) is 32.9 Å². The molecule has 124 valence electrons. The summed E-state index contributed by atoms with van der Waals surface area (Å²) in [6, 6.07) is 7.60. The number of carbonyl (C=O) groups excluding carboxylic acids is 1. The minimum Gasteiger partial charge on any atom is -0.348 e. The first-order chi connectivity index (χ1) is 12.3. The molecule has 5 heterocycles. The Balaban J connectivity index is 1.64. The van der Waals surface area contributed by atoms with E-state index in [-0.39, 0.29) is 11.9 Å². The Bertz CT molecular complexity index is 1020. The maximum absolute atomic E-state index is 13.0. The highest BCUT2D eigenvalue weighted by Crippen LogP contribution is 2.34. The smallest absolute Gasteiger partial charge is 0.283 e. The topological polar surface area (TPSA) is 79.2 Å². The van der Waals surface area contributed by atoms with Crippen molar-refractivity contribution in [3.05, 3.63) is 70.5 Å². The number of aromatic nitrogens is 5. The van der Waals surface area contributed by atoms with Crippen molar-refractivity contribution in [2.45, 2.75) is 12.5 Å². The number of hydrogen-bond acceptors (Lipinski definition) is 5. The molecule has 1 N–H and O–H groups in total. The summed E-state index contributed by atoms with van der Waals surface area (Å²) in [6.45, 7) is 0.603. The van der Waals surface area contributed by atoms with Crippen LogP contribution in [-0.4, -0.2) is 41.9 Å². The molecule has 0 fully saturated rings. The Kier molecular flexibility index (Phi) is 3.17. The Labute approximate surface area is 147 Å². The quantitative estimate of drug-likeness (QED) is 0.602. The van der Waals surface area contributed by atoms with Crippen LogP contribution in [0.2, 0.25) is 0 Å². The number of carbonyl (C=O) groups is 1. The summed E-state index contributed by atoms with van der Waals surface area (Å²) in [5.41, 5.74) is 3.72. The van der Waals surface area contributed by atoms with Crippen LogP contribution < -0.4 is 0 Å². The molecule has 1 amide bonds. The minimum atomic E-state index is -0.314. The van der Waals surface area contributed by atoms with Gasteiger partial charge in [-0.15, -0.1) is 11.3 Å². The second-order valence-electron chi connectivity index (χ2n) is 5.89. The van der Waals surface area contributed by atoms with Crippen molar-refractivity contribution in [3.8, 4) is 0 Å². The second kappa shape index (κ2) is 5.52. The van der Waals surface area contributed by atoms with Crippen molar-refractivity contribution in [1.29, 1.82) is 0 Å². The van der Waals surface area contributed by atoms with Crippen molar-refractivity contribution < 1.29 is 4.79 Å². The fraction of sp³-hybridized carbons (Fsp3) is 0.176. The van der Waals surface area contributed by atoms with Gasteiger partial charge in [0.25, 0.3) is 5.91 Å². The number of nitrogens with one attached hydrogen (secondary N) is 1. The van der Waals surface area contributed by atoms with Crippen LogP contribution in [0.4, 0.5) is 0 Å². The number of pyridine rings is 1. The van der Waals surface area contributed by atoms with Crippen LogP contribution in [0.25, 0.3) is 5.52 Å². The lowest BCUT2D eigenvalue weighted by Crippen LogP contribution is -2.41. The lowest BCUT2D eigenvalue weighted by atomic mass is 9.99. The van der Waals surface area contributed by atoms with E-state index in [1.165, 1.54) is 11.3 Å². The summed E-state index contributed by atoms with van der Waals surface area (Å²) in [5.74, 6) is -0.0780. The lowest BCUT2D eigenvalue weighted by Gasteiger charge is -2.33. The third-order valence-corrected chi connectivity index (χ3v) is 5.23. The summed E-state index contributed by atoms with van der Waals surface area (Å²) >= 11 is 1.35. The van der Waals surface area contributed by atoms with Gasteiger partial charge in [-0.3, -0.25) is 4.79 Å². The highest BCUT2D eigenvalue weighted by Gasteiger charge is 2.36. The molecule has 1 unspecified atom stereocenters. The molecular weight excluding hydrogens is 336 g/mol. The number of aromatic amines is 1. The molecule has 0 aliphatic carbocycles. The Morgan fingerprint density at radius 2 is 2.28 bits per heavy atom. The fourth-order valence-corrected chi connectivity index (χ4v) is 3.93. The molecule has 4 aromatic heterocycles. The third-order valence-electron chi connectivity index (χ3n) is 4.47. The molecule has 8 heteroatoms. The summed E-state index contributed by atoms with van der Waals surface area (Å²) in [7, 11) is 0. The number of amides is 1. The van der Waals surface area contributed by atoms with Gasteiger partial charge in [0.05, 0.1) is 23.2 Å². The van der Waals surface area contributed by atoms with Gasteiger partial charge in [-0.2, -0.15) is 5.10 Å². The highest BCUT2D eigenvalue weighted by atomic mass is 32.1. The van der Waals surface area contributed by atoms with Gasteiger partial charge in [0, 0.05) is 36.4 Å². The summed E-state index contributed by atoms with van der Waals surface area (Å²) in [5, 5.41) is 6.99. The van der Waals surface area contributed by atoms with E-state index in [4.69, 9.17) is 0 Å². The monoisotopic (exact) mass is 350 g/mol. The number of rotatable bonds is 2. The highest BCUT2D eigenvalue weighted by molar-refractivity contribution is 7.11. The first-order valence-electron chi connectivity index (χ1n) is 7.98. The molecule has 7 nitrogen and oxygen atoms in total. The molecule has 25 heavy (non-hydrogen) atoms. The van der Waals surface area contributed by atoms with E-state index in [1.54, 1.807) is 12.5 Å². The van der Waals surface area contributed by atoms with Gasteiger partial charge in [0.2, 0.25) is 0 Å². The van der Waals surface area contributed by atoms with Crippen LogP contribution in [0, 0.1) is 0 Å². The van der Waals surface area contributed by atoms with Crippen LogP contribution >= 0.6 is 11.3 Å². The predicted molar refractivity (Wildman–Crippen MR) is 92.5 cm³/mol. The van der Waals surface area contributed by atoms with Crippen molar-refractivity contribution in [2.24, 2.45) is 0 Å². The normalized spacial score (nSPS) is 17.0. The number of fused-ring (bicyclic) bond motifs is 2. The maximum atomic E-state index is 13.0. The van der Waals surface area contributed by atoms with Crippen LogP contribution in [0.3, 0.4) is 0 Å².